The standard InChI is InChI=1S/C14H17N3O3/c18-14(16-8-11-6-15-7-12(11)9-16)5-10-3-1-2-4-13(10)17(19)20/h1-4,11-12,15H,5-9H2. The van der Waals surface area contributed by atoms with Crippen molar-refractivity contribution < 1.29 is 9.72 Å². The smallest absolute Gasteiger partial charge is 0.273 e. The maximum Gasteiger partial charge on any atom is 0.273 e. The predicted molar refractivity (Wildman–Crippen MR) is 73.2 cm³/mol. The minimum atomic E-state index is -0.425. The van der Waals surface area contributed by atoms with Crippen LogP contribution >= 0.6 is 0 Å². The van der Waals surface area contributed by atoms with Crippen molar-refractivity contribution in [2.24, 2.45) is 11.8 Å². The molecule has 2 fully saturated rings. The van der Waals surface area contributed by atoms with Gasteiger partial charge in [0.2, 0.25) is 5.91 Å². The maximum atomic E-state index is 12.3. The Morgan fingerprint density at radius 1 is 1.30 bits per heavy atom. The summed E-state index contributed by atoms with van der Waals surface area (Å²) in [6, 6.07) is 6.47. The topological polar surface area (TPSA) is 75.5 Å². The first-order valence-electron chi connectivity index (χ1n) is 6.86. The molecule has 0 aliphatic carbocycles. The maximum absolute atomic E-state index is 12.3. The molecule has 0 spiro atoms. The Labute approximate surface area is 116 Å². The lowest BCUT2D eigenvalue weighted by Crippen LogP contribution is -2.33. The van der Waals surface area contributed by atoms with Crippen LogP contribution in [0.15, 0.2) is 24.3 Å². The van der Waals surface area contributed by atoms with Crippen LogP contribution < -0.4 is 5.32 Å². The van der Waals surface area contributed by atoms with Crippen molar-refractivity contribution in [2.75, 3.05) is 26.2 Å². The summed E-state index contributed by atoms with van der Waals surface area (Å²) in [5.74, 6) is 1.09. The third-order valence-electron chi connectivity index (χ3n) is 4.27. The Morgan fingerprint density at radius 3 is 2.60 bits per heavy atom. The fourth-order valence-electron chi connectivity index (χ4n) is 3.17. The van der Waals surface area contributed by atoms with Crippen molar-refractivity contribution >= 4 is 11.6 Å². The summed E-state index contributed by atoms with van der Waals surface area (Å²) < 4.78 is 0. The molecule has 2 atom stereocenters. The second-order valence-corrected chi connectivity index (χ2v) is 5.54. The number of likely N-dealkylation sites (tertiary alicyclic amines) is 1. The third-order valence-corrected chi connectivity index (χ3v) is 4.27. The zero-order valence-electron chi connectivity index (χ0n) is 11.1. The van der Waals surface area contributed by atoms with Gasteiger partial charge < -0.3 is 10.2 Å². The van der Waals surface area contributed by atoms with Gasteiger partial charge in [-0.2, -0.15) is 0 Å². The molecule has 20 heavy (non-hydrogen) atoms. The van der Waals surface area contributed by atoms with Crippen molar-refractivity contribution in [1.82, 2.24) is 10.2 Å². The van der Waals surface area contributed by atoms with Crippen LogP contribution in [0.25, 0.3) is 0 Å². The summed E-state index contributed by atoms with van der Waals surface area (Å²) in [5.41, 5.74) is 0.527. The molecule has 1 aromatic carbocycles. The molecule has 0 aromatic heterocycles. The fraction of sp³-hybridized carbons (Fsp3) is 0.500. The molecule has 1 amide bonds. The molecule has 1 N–H and O–H groups in total. The number of carbonyl (C=O) groups excluding carboxylic acids is 1. The second kappa shape index (κ2) is 5.20. The molecule has 2 heterocycles. The van der Waals surface area contributed by atoms with Crippen LogP contribution in [-0.4, -0.2) is 41.9 Å². The summed E-state index contributed by atoms with van der Waals surface area (Å²) in [4.78, 5) is 24.7. The molecule has 3 rings (SSSR count). The van der Waals surface area contributed by atoms with Gasteiger partial charge in [-0.05, 0) is 11.8 Å². The van der Waals surface area contributed by atoms with Crippen LogP contribution in [0, 0.1) is 22.0 Å². The number of fused-ring (bicyclic) bond motifs is 1. The van der Waals surface area contributed by atoms with Crippen LogP contribution in [0.5, 0.6) is 0 Å². The van der Waals surface area contributed by atoms with Crippen molar-refractivity contribution in [3.63, 3.8) is 0 Å². The first-order valence-corrected chi connectivity index (χ1v) is 6.86. The van der Waals surface area contributed by atoms with E-state index in [1.807, 2.05) is 4.90 Å². The normalized spacial score (nSPS) is 24.7. The van der Waals surface area contributed by atoms with E-state index in [0.717, 1.165) is 26.2 Å². The Morgan fingerprint density at radius 2 is 1.95 bits per heavy atom. The molecule has 2 saturated heterocycles. The molecular weight excluding hydrogens is 258 g/mol. The number of carbonyl (C=O) groups is 1. The minimum absolute atomic E-state index is 0.00583. The van der Waals surface area contributed by atoms with E-state index in [-0.39, 0.29) is 18.0 Å². The molecule has 6 heteroatoms. The molecule has 2 aliphatic heterocycles. The molecule has 0 radical (unpaired) electrons. The van der Waals surface area contributed by atoms with Gasteiger partial charge in [0.05, 0.1) is 11.3 Å². The number of hydrogen-bond donors (Lipinski definition) is 1. The van der Waals surface area contributed by atoms with Crippen molar-refractivity contribution in [1.29, 1.82) is 0 Å². The van der Waals surface area contributed by atoms with E-state index in [0.29, 0.717) is 17.4 Å². The van der Waals surface area contributed by atoms with Crippen LogP contribution in [-0.2, 0) is 11.2 Å². The first-order chi connectivity index (χ1) is 9.65. The van der Waals surface area contributed by atoms with Gasteiger partial charge >= 0.3 is 0 Å². The van der Waals surface area contributed by atoms with Gasteiger partial charge in [0.25, 0.3) is 5.69 Å². The highest BCUT2D eigenvalue weighted by atomic mass is 16.6. The van der Waals surface area contributed by atoms with Crippen LogP contribution in [0.4, 0.5) is 5.69 Å². The Balaban J connectivity index is 1.69. The molecule has 2 unspecified atom stereocenters. The number of hydrogen-bond acceptors (Lipinski definition) is 4. The zero-order valence-corrected chi connectivity index (χ0v) is 11.1. The number of amides is 1. The number of nitrogens with one attached hydrogen (secondary N) is 1. The third kappa shape index (κ3) is 2.38. The van der Waals surface area contributed by atoms with E-state index in [1.165, 1.54) is 6.07 Å². The second-order valence-electron chi connectivity index (χ2n) is 5.54. The number of nitro benzene ring substituents is 1. The van der Waals surface area contributed by atoms with Crippen LogP contribution in [0.2, 0.25) is 0 Å². The average Bonchev–Trinajstić information content (AvgIpc) is 2.99. The fourth-order valence-corrected chi connectivity index (χ4v) is 3.17. The summed E-state index contributed by atoms with van der Waals surface area (Å²) in [5, 5.41) is 14.3. The molecule has 6 nitrogen and oxygen atoms in total. The average molecular weight is 275 g/mol. The quantitative estimate of drug-likeness (QED) is 0.654. The van der Waals surface area contributed by atoms with Crippen LogP contribution in [0.1, 0.15) is 5.56 Å². The van der Waals surface area contributed by atoms with Gasteiger partial charge in [-0.25, -0.2) is 0 Å². The number of nitrogens with zero attached hydrogens (tertiary/aromatic N) is 2. The lowest BCUT2D eigenvalue weighted by molar-refractivity contribution is -0.385. The molecule has 106 valence electrons. The summed E-state index contributed by atoms with van der Waals surface area (Å²) in [7, 11) is 0. The molecule has 0 bridgehead atoms. The lowest BCUT2D eigenvalue weighted by Gasteiger charge is -2.17. The monoisotopic (exact) mass is 275 g/mol. The van der Waals surface area contributed by atoms with Crippen molar-refractivity contribution in [3.05, 3.63) is 39.9 Å². The number of rotatable bonds is 3. The predicted octanol–water partition coefficient (Wildman–Crippen LogP) is 0.815. The van der Waals surface area contributed by atoms with E-state index in [4.69, 9.17) is 0 Å². The van der Waals surface area contributed by atoms with Gasteiger partial charge in [0, 0.05) is 37.8 Å². The summed E-state index contributed by atoms with van der Waals surface area (Å²) >= 11 is 0. The highest BCUT2D eigenvalue weighted by Gasteiger charge is 2.38. The van der Waals surface area contributed by atoms with E-state index in [1.54, 1.807) is 18.2 Å². The largest absolute Gasteiger partial charge is 0.342 e. The van der Waals surface area contributed by atoms with Crippen LogP contribution in [0.3, 0.4) is 0 Å². The first kappa shape index (κ1) is 13.1. The van der Waals surface area contributed by atoms with Crippen molar-refractivity contribution in [3.8, 4) is 0 Å². The van der Waals surface area contributed by atoms with E-state index in [9.17, 15) is 14.9 Å². The van der Waals surface area contributed by atoms with Crippen molar-refractivity contribution in [2.45, 2.75) is 6.42 Å². The highest BCUT2D eigenvalue weighted by Crippen LogP contribution is 2.27. The minimum Gasteiger partial charge on any atom is -0.342 e. The van der Waals surface area contributed by atoms with E-state index in [2.05, 4.69) is 5.32 Å². The number of nitro groups is 1. The molecule has 2 aliphatic rings. The SMILES string of the molecule is O=C(Cc1ccccc1[N+](=O)[O-])N1CC2CNCC2C1. The zero-order chi connectivity index (χ0) is 14.1. The highest BCUT2D eigenvalue weighted by molar-refractivity contribution is 5.80. The Kier molecular flexibility index (Phi) is 3.40. The van der Waals surface area contributed by atoms with Gasteiger partial charge in [-0.3, -0.25) is 14.9 Å². The van der Waals surface area contributed by atoms with Gasteiger partial charge in [-0.15, -0.1) is 0 Å². The summed E-state index contributed by atoms with van der Waals surface area (Å²) in [6.07, 6.45) is 0.115. The molecule has 0 saturated carbocycles. The number of para-hydroxylation sites is 1. The van der Waals surface area contributed by atoms with Gasteiger partial charge in [0.15, 0.2) is 0 Å². The Bertz CT molecular complexity index is 534. The van der Waals surface area contributed by atoms with E-state index >= 15 is 0 Å². The molecule has 1 aromatic rings. The lowest BCUT2D eigenvalue weighted by atomic mass is 10.0. The van der Waals surface area contributed by atoms with Gasteiger partial charge in [0.1, 0.15) is 0 Å². The Hall–Kier alpha value is -1.95. The van der Waals surface area contributed by atoms with E-state index < -0.39 is 4.92 Å². The van der Waals surface area contributed by atoms with Gasteiger partial charge in [-0.1, -0.05) is 18.2 Å². The summed E-state index contributed by atoms with van der Waals surface area (Å²) in [6.45, 7) is 3.49. The molecular formula is C14H17N3O3. The number of benzene rings is 1.